The summed E-state index contributed by atoms with van der Waals surface area (Å²) in [5.41, 5.74) is 2.55. The standard InChI is InChI=1S/C11H15/c1-4-9(2)11-8-6-5-7-10(11)3/h5-9H,3-4H2,1-2H3. The van der Waals surface area contributed by atoms with Gasteiger partial charge in [-0.1, -0.05) is 38.1 Å². The number of benzene rings is 1. The monoisotopic (exact) mass is 147 g/mol. The lowest BCUT2D eigenvalue weighted by Crippen LogP contribution is -1.93. The van der Waals surface area contributed by atoms with E-state index in [4.69, 9.17) is 0 Å². The lowest BCUT2D eigenvalue weighted by atomic mass is 9.95. The maximum Gasteiger partial charge on any atom is -0.0190 e. The second-order valence-electron chi connectivity index (χ2n) is 3.01. The highest BCUT2D eigenvalue weighted by Crippen LogP contribution is 2.21. The Morgan fingerprint density at radius 3 is 2.55 bits per heavy atom. The van der Waals surface area contributed by atoms with E-state index >= 15 is 0 Å². The van der Waals surface area contributed by atoms with Crippen LogP contribution in [0.4, 0.5) is 0 Å². The molecular formula is C11H15. The van der Waals surface area contributed by atoms with Gasteiger partial charge in [-0.05, 0) is 30.4 Å². The van der Waals surface area contributed by atoms with Crippen LogP contribution in [-0.2, 0) is 0 Å². The molecule has 0 saturated carbocycles. The van der Waals surface area contributed by atoms with Crippen molar-refractivity contribution in [1.82, 2.24) is 0 Å². The highest BCUT2D eigenvalue weighted by atomic mass is 14.1. The first-order chi connectivity index (χ1) is 5.25. The molecule has 1 unspecified atom stereocenters. The van der Waals surface area contributed by atoms with Crippen LogP contribution in [0.5, 0.6) is 0 Å². The molecule has 0 amide bonds. The van der Waals surface area contributed by atoms with Gasteiger partial charge in [-0.3, -0.25) is 0 Å². The van der Waals surface area contributed by atoms with Crippen molar-refractivity contribution in [2.75, 3.05) is 0 Å². The van der Waals surface area contributed by atoms with Crippen LogP contribution in [0.3, 0.4) is 0 Å². The Morgan fingerprint density at radius 1 is 1.36 bits per heavy atom. The van der Waals surface area contributed by atoms with Gasteiger partial charge in [0.2, 0.25) is 0 Å². The summed E-state index contributed by atoms with van der Waals surface area (Å²) >= 11 is 0. The molecule has 1 aromatic rings. The third-order valence-electron chi connectivity index (χ3n) is 2.20. The van der Waals surface area contributed by atoms with Gasteiger partial charge in [0.25, 0.3) is 0 Å². The van der Waals surface area contributed by atoms with Gasteiger partial charge in [0.15, 0.2) is 0 Å². The SMILES string of the molecule is [CH2]c1ccccc1C(C)CC. The Bertz CT molecular complexity index is 225. The Balaban J connectivity index is 2.93. The smallest absolute Gasteiger partial charge is 0.0190 e. The van der Waals surface area contributed by atoms with E-state index in [1.54, 1.807) is 0 Å². The Morgan fingerprint density at radius 2 is 2.00 bits per heavy atom. The molecule has 0 heterocycles. The van der Waals surface area contributed by atoms with E-state index in [0.717, 1.165) is 0 Å². The minimum Gasteiger partial charge on any atom is -0.0648 e. The molecule has 0 N–H and O–H groups in total. The van der Waals surface area contributed by atoms with E-state index in [0.29, 0.717) is 5.92 Å². The van der Waals surface area contributed by atoms with Gasteiger partial charge in [-0.15, -0.1) is 0 Å². The van der Waals surface area contributed by atoms with E-state index < -0.39 is 0 Å². The average molecular weight is 147 g/mol. The Hall–Kier alpha value is -0.780. The van der Waals surface area contributed by atoms with E-state index in [1.807, 2.05) is 6.07 Å². The second kappa shape index (κ2) is 3.56. The molecule has 0 aliphatic carbocycles. The molecule has 1 aromatic carbocycles. The van der Waals surface area contributed by atoms with Crippen LogP contribution in [0.1, 0.15) is 37.3 Å². The summed E-state index contributed by atoms with van der Waals surface area (Å²) in [6.07, 6.45) is 1.19. The van der Waals surface area contributed by atoms with Gasteiger partial charge in [0.1, 0.15) is 0 Å². The minimum absolute atomic E-state index is 0.642. The third-order valence-corrected chi connectivity index (χ3v) is 2.20. The van der Waals surface area contributed by atoms with Crippen LogP contribution in [0.15, 0.2) is 24.3 Å². The topological polar surface area (TPSA) is 0 Å². The molecule has 0 saturated heterocycles. The first-order valence-electron chi connectivity index (χ1n) is 4.16. The summed E-state index contributed by atoms with van der Waals surface area (Å²) in [5, 5.41) is 0. The fourth-order valence-electron chi connectivity index (χ4n) is 1.23. The number of hydrogen-bond acceptors (Lipinski definition) is 0. The zero-order chi connectivity index (χ0) is 8.27. The van der Waals surface area contributed by atoms with Crippen molar-refractivity contribution in [3.63, 3.8) is 0 Å². The molecular weight excluding hydrogens is 132 g/mol. The first kappa shape index (κ1) is 8.32. The van der Waals surface area contributed by atoms with Gasteiger partial charge in [0.05, 0.1) is 0 Å². The zero-order valence-electron chi connectivity index (χ0n) is 7.30. The Kier molecular flexibility index (Phi) is 2.70. The summed E-state index contributed by atoms with van der Waals surface area (Å²) in [6.45, 7) is 8.44. The molecule has 1 rings (SSSR count). The molecule has 0 fully saturated rings. The summed E-state index contributed by atoms with van der Waals surface area (Å²) in [7, 11) is 0. The van der Waals surface area contributed by atoms with Crippen LogP contribution < -0.4 is 0 Å². The zero-order valence-corrected chi connectivity index (χ0v) is 7.30. The normalized spacial score (nSPS) is 13.0. The number of rotatable bonds is 2. The summed E-state index contributed by atoms with van der Waals surface area (Å²) < 4.78 is 0. The average Bonchev–Trinajstić information content (AvgIpc) is 2.04. The molecule has 0 bridgehead atoms. The van der Waals surface area contributed by atoms with Crippen molar-refractivity contribution >= 4 is 0 Å². The van der Waals surface area contributed by atoms with Crippen molar-refractivity contribution in [2.45, 2.75) is 26.2 Å². The molecule has 0 aliphatic rings. The van der Waals surface area contributed by atoms with Gasteiger partial charge in [-0.25, -0.2) is 0 Å². The lowest BCUT2D eigenvalue weighted by molar-refractivity contribution is 0.731. The maximum absolute atomic E-state index is 3.99. The van der Waals surface area contributed by atoms with E-state index in [9.17, 15) is 0 Å². The van der Waals surface area contributed by atoms with E-state index in [2.05, 4.69) is 39.0 Å². The second-order valence-corrected chi connectivity index (χ2v) is 3.01. The van der Waals surface area contributed by atoms with Gasteiger partial charge in [0, 0.05) is 0 Å². The summed E-state index contributed by atoms with van der Waals surface area (Å²) in [4.78, 5) is 0. The predicted molar refractivity (Wildman–Crippen MR) is 49.6 cm³/mol. The molecule has 0 heteroatoms. The highest BCUT2D eigenvalue weighted by molar-refractivity contribution is 5.31. The third kappa shape index (κ3) is 1.83. The van der Waals surface area contributed by atoms with E-state index in [1.165, 1.54) is 17.5 Å². The van der Waals surface area contributed by atoms with Crippen LogP contribution in [-0.4, -0.2) is 0 Å². The van der Waals surface area contributed by atoms with Crippen molar-refractivity contribution in [2.24, 2.45) is 0 Å². The maximum atomic E-state index is 3.99. The molecule has 0 aromatic heterocycles. The van der Waals surface area contributed by atoms with Gasteiger partial charge >= 0.3 is 0 Å². The first-order valence-corrected chi connectivity index (χ1v) is 4.16. The Labute approximate surface area is 69.3 Å². The van der Waals surface area contributed by atoms with Crippen LogP contribution >= 0.6 is 0 Å². The molecule has 59 valence electrons. The van der Waals surface area contributed by atoms with Crippen molar-refractivity contribution in [1.29, 1.82) is 0 Å². The fraction of sp³-hybridized carbons (Fsp3) is 0.364. The predicted octanol–water partition coefficient (Wildman–Crippen LogP) is 3.38. The molecule has 0 spiro atoms. The van der Waals surface area contributed by atoms with E-state index in [-0.39, 0.29) is 0 Å². The van der Waals surface area contributed by atoms with Crippen LogP contribution in [0.25, 0.3) is 0 Å². The summed E-state index contributed by atoms with van der Waals surface area (Å²) in [6, 6.07) is 8.35. The molecule has 0 aliphatic heterocycles. The van der Waals surface area contributed by atoms with Crippen molar-refractivity contribution in [3.8, 4) is 0 Å². The molecule has 1 radical (unpaired) electrons. The summed E-state index contributed by atoms with van der Waals surface area (Å²) in [5.74, 6) is 0.642. The molecule has 0 nitrogen and oxygen atoms in total. The van der Waals surface area contributed by atoms with Crippen LogP contribution in [0.2, 0.25) is 0 Å². The van der Waals surface area contributed by atoms with Gasteiger partial charge < -0.3 is 0 Å². The van der Waals surface area contributed by atoms with Crippen molar-refractivity contribution < 1.29 is 0 Å². The number of hydrogen-bond donors (Lipinski definition) is 0. The fourth-order valence-corrected chi connectivity index (χ4v) is 1.23. The quantitative estimate of drug-likeness (QED) is 0.601. The van der Waals surface area contributed by atoms with Gasteiger partial charge in [-0.2, -0.15) is 0 Å². The highest BCUT2D eigenvalue weighted by Gasteiger charge is 2.03. The van der Waals surface area contributed by atoms with Crippen LogP contribution in [0, 0.1) is 6.92 Å². The van der Waals surface area contributed by atoms with Crippen molar-refractivity contribution in [3.05, 3.63) is 42.3 Å². The minimum atomic E-state index is 0.642. The molecule has 1 atom stereocenters. The lowest BCUT2D eigenvalue weighted by Gasteiger charge is -2.11. The molecule has 11 heavy (non-hydrogen) atoms. The largest absolute Gasteiger partial charge is 0.0648 e.